The monoisotopic (exact) mass is 353 g/mol. The first-order valence-corrected chi connectivity index (χ1v) is 8.13. The number of aliphatic carboxylic acids is 1. The number of halogens is 1. The molecule has 7 nitrogen and oxygen atoms in total. The normalized spacial score (nSPS) is 17.2. The zero-order chi connectivity index (χ0) is 18.6. The van der Waals surface area contributed by atoms with Gasteiger partial charge in [-0.05, 0) is 26.8 Å². The molecule has 0 aromatic heterocycles. The van der Waals surface area contributed by atoms with Crippen molar-refractivity contribution in [1.82, 2.24) is 15.3 Å². The molecule has 1 aromatic carbocycles. The van der Waals surface area contributed by atoms with Crippen LogP contribution < -0.4 is 5.43 Å². The molecule has 8 heteroatoms. The van der Waals surface area contributed by atoms with Gasteiger partial charge in [-0.25, -0.2) is 19.6 Å². The predicted molar refractivity (Wildman–Crippen MR) is 89.3 cm³/mol. The van der Waals surface area contributed by atoms with Crippen LogP contribution in [0.1, 0.15) is 32.4 Å². The molecule has 1 heterocycles. The van der Waals surface area contributed by atoms with Gasteiger partial charge in [0.2, 0.25) is 0 Å². The first-order chi connectivity index (χ1) is 11.7. The van der Waals surface area contributed by atoms with Crippen LogP contribution in [-0.4, -0.2) is 58.9 Å². The van der Waals surface area contributed by atoms with Crippen molar-refractivity contribution in [2.45, 2.75) is 32.4 Å². The second-order valence-corrected chi connectivity index (χ2v) is 6.88. The first-order valence-electron chi connectivity index (χ1n) is 8.13. The molecule has 1 saturated heterocycles. The van der Waals surface area contributed by atoms with Gasteiger partial charge in [0.15, 0.2) is 0 Å². The molecule has 25 heavy (non-hydrogen) atoms. The molecule has 1 atom stereocenters. The van der Waals surface area contributed by atoms with Crippen molar-refractivity contribution in [2.24, 2.45) is 0 Å². The maximum absolute atomic E-state index is 13.9. The molecule has 1 aromatic rings. The molecule has 1 aliphatic rings. The van der Waals surface area contributed by atoms with E-state index in [0.717, 1.165) is 0 Å². The van der Waals surface area contributed by atoms with Gasteiger partial charge in [-0.3, -0.25) is 4.79 Å². The molecular formula is C17H24FN3O4. The summed E-state index contributed by atoms with van der Waals surface area (Å²) in [7, 11) is 0. The first kappa shape index (κ1) is 19.1. The zero-order valence-electron chi connectivity index (χ0n) is 14.7. The smallest absolute Gasteiger partial charge is 0.410 e. The maximum atomic E-state index is 13.9. The summed E-state index contributed by atoms with van der Waals surface area (Å²) in [4.78, 5) is 25.1. The second-order valence-electron chi connectivity index (χ2n) is 6.88. The molecule has 138 valence electrons. The number of amides is 1. The Labute approximate surface area is 146 Å². The topological polar surface area (TPSA) is 82.1 Å². The number of nitrogens with zero attached hydrogens (tertiary/aromatic N) is 2. The Hall–Kier alpha value is -2.19. The number of carboxylic acids is 1. The van der Waals surface area contributed by atoms with Crippen LogP contribution in [0.2, 0.25) is 0 Å². The Kier molecular flexibility index (Phi) is 5.97. The average molecular weight is 353 g/mol. The number of carbonyl (C=O) groups excluding carboxylic acids is 1. The van der Waals surface area contributed by atoms with Crippen LogP contribution in [0.5, 0.6) is 0 Å². The lowest BCUT2D eigenvalue weighted by Crippen LogP contribution is -2.55. The van der Waals surface area contributed by atoms with Gasteiger partial charge in [-0.2, -0.15) is 0 Å². The van der Waals surface area contributed by atoms with E-state index in [2.05, 4.69) is 5.43 Å². The summed E-state index contributed by atoms with van der Waals surface area (Å²) < 4.78 is 19.2. The predicted octanol–water partition coefficient (Wildman–Crippen LogP) is 2.01. The van der Waals surface area contributed by atoms with Crippen molar-refractivity contribution in [3.63, 3.8) is 0 Å². The van der Waals surface area contributed by atoms with E-state index in [1.807, 2.05) is 0 Å². The van der Waals surface area contributed by atoms with Crippen LogP contribution in [0.25, 0.3) is 0 Å². The Morgan fingerprint density at radius 3 is 2.32 bits per heavy atom. The van der Waals surface area contributed by atoms with E-state index < -0.39 is 29.5 Å². The van der Waals surface area contributed by atoms with Crippen LogP contribution in [-0.2, 0) is 9.53 Å². The summed E-state index contributed by atoms with van der Waals surface area (Å²) in [6.07, 6.45) is -0.393. The summed E-state index contributed by atoms with van der Waals surface area (Å²) in [5.74, 6) is -1.74. The number of nitrogens with one attached hydrogen (secondary N) is 1. The number of hydrazine groups is 1. The van der Waals surface area contributed by atoms with Gasteiger partial charge in [-0.1, -0.05) is 18.2 Å². The molecule has 1 unspecified atom stereocenters. The minimum absolute atomic E-state index is 0.0737. The maximum Gasteiger partial charge on any atom is 0.410 e. The number of carboxylic acid groups (broad SMARTS) is 1. The Morgan fingerprint density at radius 2 is 1.80 bits per heavy atom. The van der Waals surface area contributed by atoms with Crippen LogP contribution in [0, 0.1) is 5.82 Å². The van der Waals surface area contributed by atoms with E-state index in [9.17, 15) is 19.1 Å². The van der Waals surface area contributed by atoms with E-state index >= 15 is 0 Å². The van der Waals surface area contributed by atoms with Crippen molar-refractivity contribution in [1.29, 1.82) is 0 Å². The fraction of sp³-hybridized carbons (Fsp3) is 0.529. The van der Waals surface area contributed by atoms with E-state index in [-0.39, 0.29) is 5.56 Å². The van der Waals surface area contributed by atoms with E-state index in [1.54, 1.807) is 36.7 Å². The molecule has 0 aliphatic carbocycles. The van der Waals surface area contributed by atoms with Crippen LogP contribution in [0.15, 0.2) is 24.3 Å². The van der Waals surface area contributed by atoms with E-state index in [1.165, 1.54) is 18.2 Å². The largest absolute Gasteiger partial charge is 0.480 e. The lowest BCUT2D eigenvalue weighted by molar-refractivity contribution is -0.141. The average Bonchev–Trinajstić information content (AvgIpc) is 2.52. The fourth-order valence-electron chi connectivity index (χ4n) is 2.49. The van der Waals surface area contributed by atoms with Gasteiger partial charge in [0.05, 0.1) is 0 Å². The second kappa shape index (κ2) is 7.79. The quantitative estimate of drug-likeness (QED) is 0.862. The molecule has 0 radical (unpaired) electrons. The Bertz CT molecular complexity index is 625. The zero-order valence-corrected chi connectivity index (χ0v) is 14.7. The summed E-state index contributed by atoms with van der Waals surface area (Å²) in [5.41, 5.74) is 2.35. The third kappa shape index (κ3) is 5.40. The molecule has 0 saturated carbocycles. The van der Waals surface area contributed by atoms with Crippen molar-refractivity contribution < 1.29 is 23.8 Å². The lowest BCUT2D eigenvalue weighted by atomic mass is 10.1. The van der Waals surface area contributed by atoms with Gasteiger partial charge in [0.1, 0.15) is 17.5 Å². The summed E-state index contributed by atoms with van der Waals surface area (Å²) in [6, 6.07) is 4.59. The molecule has 2 rings (SSSR count). The SMILES string of the molecule is CC(C)(C)OC(=O)N1CCN(NC(C(=O)O)c2ccccc2F)CC1. The summed E-state index contributed by atoms with van der Waals surface area (Å²) in [5, 5.41) is 11.1. The van der Waals surface area contributed by atoms with E-state index in [0.29, 0.717) is 26.2 Å². The van der Waals surface area contributed by atoms with Gasteiger partial charge in [0, 0.05) is 31.7 Å². The standard InChI is InChI=1S/C17H24FN3O4/c1-17(2,3)25-16(24)20-8-10-21(11-9-20)19-14(15(22)23)12-6-4-5-7-13(12)18/h4-7,14,19H,8-11H2,1-3H3,(H,22,23). The lowest BCUT2D eigenvalue weighted by Gasteiger charge is -2.36. The fourth-order valence-corrected chi connectivity index (χ4v) is 2.49. The Morgan fingerprint density at radius 1 is 1.20 bits per heavy atom. The molecule has 1 aliphatic heterocycles. The molecule has 1 fully saturated rings. The van der Waals surface area contributed by atoms with Gasteiger partial charge in [-0.15, -0.1) is 0 Å². The summed E-state index contributed by atoms with van der Waals surface area (Å²) in [6.45, 7) is 7.02. The number of ether oxygens (including phenoxy) is 1. The number of piperazine rings is 1. The highest BCUT2D eigenvalue weighted by molar-refractivity contribution is 5.75. The number of hydrogen-bond donors (Lipinski definition) is 2. The minimum Gasteiger partial charge on any atom is -0.480 e. The molecule has 1 amide bonds. The van der Waals surface area contributed by atoms with Crippen molar-refractivity contribution in [2.75, 3.05) is 26.2 Å². The Balaban J connectivity index is 1.95. The summed E-state index contributed by atoms with van der Waals surface area (Å²) >= 11 is 0. The van der Waals surface area contributed by atoms with Gasteiger partial charge >= 0.3 is 12.1 Å². The number of rotatable bonds is 4. The highest BCUT2D eigenvalue weighted by Crippen LogP contribution is 2.18. The van der Waals surface area contributed by atoms with Gasteiger partial charge in [0.25, 0.3) is 0 Å². The minimum atomic E-state index is -1.19. The molecule has 0 bridgehead atoms. The van der Waals surface area contributed by atoms with E-state index in [4.69, 9.17) is 4.74 Å². The van der Waals surface area contributed by atoms with Crippen molar-refractivity contribution in [3.8, 4) is 0 Å². The number of hydrogen-bond acceptors (Lipinski definition) is 5. The number of benzene rings is 1. The van der Waals surface area contributed by atoms with Crippen LogP contribution >= 0.6 is 0 Å². The van der Waals surface area contributed by atoms with Gasteiger partial charge < -0.3 is 14.7 Å². The number of carbonyl (C=O) groups is 2. The molecular weight excluding hydrogens is 329 g/mol. The highest BCUT2D eigenvalue weighted by Gasteiger charge is 2.29. The third-order valence-electron chi connectivity index (χ3n) is 3.71. The molecule has 2 N–H and O–H groups in total. The van der Waals surface area contributed by atoms with Crippen molar-refractivity contribution >= 4 is 12.1 Å². The third-order valence-corrected chi connectivity index (χ3v) is 3.71. The van der Waals surface area contributed by atoms with Crippen LogP contribution in [0.3, 0.4) is 0 Å². The molecule has 0 spiro atoms. The van der Waals surface area contributed by atoms with Crippen molar-refractivity contribution in [3.05, 3.63) is 35.6 Å². The highest BCUT2D eigenvalue weighted by atomic mass is 19.1. The van der Waals surface area contributed by atoms with Crippen LogP contribution in [0.4, 0.5) is 9.18 Å².